The normalized spacial score (nSPS) is 13.9. The minimum atomic E-state index is -0.290. The Labute approximate surface area is 488 Å². The highest BCUT2D eigenvalue weighted by molar-refractivity contribution is 6.08. The van der Waals surface area contributed by atoms with Gasteiger partial charge in [-0.3, -0.25) is 0 Å². The zero-order valence-corrected chi connectivity index (χ0v) is 47.2. The molecule has 0 saturated carbocycles. The maximum atomic E-state index is 6.38. The lowest BCUT2D eigenvalue weighted by atomic mass is 9.73. The number of rotatable bonds is 9. The van der Waals surface area contributed by atoms with Gasteiger partial charge in [0.05, 0.1) is 22.7 Å². The summed E-state index contributed by atoms with van der Waals surface area (Å²) in [6.45, 7) is 9.43. The molecular weight excluding hydrogens is 1020 g/mol. The van der Waals surface area contributed by atoms with Gasteiger partial charge in [0.15, 0.2) is 0 Å². The fourth-order valence-electron chi connectivity index (χ4n) is 13.6. The van der Waals surface area contributed by atoms with E-state index in [4.69, 9.17) is 8.83 Å². The predicted octanol–water partition coefficient (Wildman–Crippen LogP) is 22.3. The molecule has 2 aliphatic heterocycles. The Morgan fingerprint density at radius 1 is 0.262 bits per heavy atom. The minimum Gasteiger partial charge on any atom is -0.456 e. The smallest absolute Gasteiger partial charge is 0.135 e. The van der Waals surface area contributed by atoms with Crippen molar-refractivity contribution in [2.45, 2.75) is 38.5 Å². The molecule has 12 aromatic carbocycles. The Bertz CT molecular complexity index is 4560. The molecule has 0 radical (unpaired) electrons. The molecule has 0 bridgehead atoms. The predicted molar refractivity (Wildman–Crippen MR) is 349 cm³/mol. The van der Waals surface area contributed by atoms with Crippen LogP contribution in [0.15, 0.2) is 288 Å². The number of furan rings is 2. The first-order valence-electron chi connectivity index (χ1n) is 29.0. The van der Waals surface area contributed by atoms with Crippen LogP contribution in [-0.2, 0) is 10.8 Å². The second-order valence-corrected chi connectivity index (χ2v) is 23.4. The second-order valence-electron chi connectivity index (χ2n) is 23.4. The van der Waals surface area contributed by atoms with Crippen LogP contribution in [-0.4, -0.2) is 0 Å². The number of nitrogens with zero attached hydrogens (tertiary/aromatic N) is 4. The van der Waals surface area contributed by atoms with Gasteiger partial charge < -0.3 is 28.4 Å². The van der Waals surface area contributed by atoms with Gasteiger partial charge in [-0.15, -0.1) is 0 Å². The van der Waals surface area contributed by atoms with Gasteiger partial charge in [0.2, 0.25) is 0 Å². The third kappa shape index (κ3) is 7.78. The van der Waals surface area contributed by atoms with Crippen molar-refractivity contribution in [2.75, 3.05) is 19.6 Å². The molecule has 0 spiro atoms. The molecule has 0 saturated heterocycles. The molecule has 6 heteroatoms. The van der Waals surface area contributed by atoms with E-state index in [-0.39, 0.29) is 10.8 Å². The average Bonchev–Trinajstić information content (AvgIpc) is 1.31. The Hall–Kier alpha value is -10.6. The molecular formula is C78H58N4O2. The molecule has 2 aliphatic rings. The maximum Gasteiger partial charge on any atom is 0.135 e. The molecule has 2 aromatic heterocycles. The summed E-state index contributed by atoms with van der Waals surface area (Å²) in [5.74, 6) is 0. The van der Waals surface area contributed by atoms with Crippen molar-refractivity contribution in [3.8, 4) is 11.1 Å². The Morgan fingerprint density at radius 2 is 0.583 bits per heavy atom. The SMILES string of the molecule is CC1(C)c2ccccc2N(c2ccccc2)c2ccc(N(c3ccc(-c4ccc(N(c5ccc6c(c5)C(C)(C)c5ccccc5N6c5ccccc5)c5ccc6oc7ccccc7c6c5)cc4)cc3)c3ccc4oc5ccccc5c4c3)cc21. The highest BCUT2D eigenvalue weighted by atomic mass is 16.3. The monoisotopic (exact) mass is 1080 g/mol. The maximum absolute atomic E-state index is 6.38. The lowest BCUT2D eigenvalue weighted by Gasteiger charge is -2.42. The fourth-order valence-corrected chi connectivity index (χ4v) is 13.6. The molecule has 402 valence electrons. The molecule has 0 amide bonds. The standard InChI is InChI=1S/C78H58N4O2/c1-77(2)65-25-13-15-27-69(65)81(53-19-7-5-8-20-53)71-43-39-59(49-67(71)77)79(57-41-45-75-63(47-57)61-23-11-17-29-73(61)83-75)55-35-31-51(32-36-55)52-33-37-56(38-34-52)80(58-42-46-76-64(48-58)62-24-12-18-30-74(62)84-76)60-40-44-72-68(50-60)78(3,4)66-26-14-16-28-70(66)82(72)54-21-9-6-10-22-54/h5-50H,1-4H3. The van der Waals surface area contributed by atoms with Crippen molar-refractivity contribution in [3.05, 3.63) is 301 Å². The van der Waals surface area contributed by atoms with Crippen LogP contribution in [0, 0.1) is 0 Å². The third-order valence-electron chi connectivity index (χ3n) is 17.8. The molecule has 14 aromatic rings. The van der Waals surface area contributed by atoms with Gasteiger partial charge in [-0.25, -0.2) is 0 Å². The van der Waals surface area contributed by atoms with Crippen LogP contribution in [0.1, 0.15) is 49.9 Å². The van der Waals surface area contributed by atoms with E-state index >= 15 is 0 Å². The van der Waals surface area contributed by atoms with E-state index < -0.39 is 0 Å². The molecule has 0 atom stereocenters. The molecule has 84 heavy (non-hydrogen) atoms. The zero-order chi connectivity index (χ0) is 56.3. The number of hydrogen-bond donors (Lipinski definition) is 0. The fraction of sp³-hybridized carbons (Fsp3) is 0.0769. The van der Waals surface area contributed by atoms with Gasteiger partial charge >= 0.3 is 0 Å². The zero-order valence-electron chi connectivity index (χ0n) is 47.2. The summed E-state index contributed by atoms with van der Waals surface area (Å²) < 4.78 is 12.8. The summed E-state index contributed by atoms with van der Waals surface area (Å²) in [7, 11) is 0. The van der Waals surface area contributed by atoms with E-state index in [1.165, 1.54) is 45.0 Å². The van der Waals surface area contributed by atoms with E-state index in [0.29, 0.717) is 0 Å². The topological polar surface area (TPSA) is 39.2 Å². The van der Waals surface area contributed by atoms with Crippen LogP contribution in [0.25, 0.3) is 55.0 Å². The minimum absolute atomic E-state index is 0.290. The van der Waals surface area contributed by atoms with E-state index in [2.05, 4.69) is 302 Å². The average molecular weight is 1080 g/mol. The molecule has 0 fully saturated rings. The summed E-state index contributed by atoms with van der Waals surface area (Å²) >= 11 is 0. The van der Waals surface area contributed by atoms with Gasteiger partial charge in [-0.1, -0.05) is 161 Å². The van der Waals surface area contributed by atoms with Crippen LogP contribution in [0.2, 0.25) is 0 Å². The summed E-state index contributed by atoms with van der Waals surface area (Å²) in [4.78, 5) is 9.62. The number of hydrogen-bond acceptors (Lipinski definition) is 6. The number of anilines is 12. The van der Waals surface area contributed by atoms with Crippen molar-refractivity contribution < 1.29 is 8.83 Å². The Kier molecular flexibility index (Phi) is 11.2. The molecule has 0 unspecified atom stereocenters. The van der Waals surface area contributed by atoms with Crippen LogP contribution in [0.4, 0.5) is 68.2 Å². The number of para-hydroxylation sites is 6. The quantitative estimate of drug-likeness (QED) is 0.143. The first kappa shape index (κ1) is 49.3. The van der Waals surface area contributed by atoms with Crippen LogP contribution in [0.3, 0.4) is 0 Å². The van der Waals surface area contributed by atoms with E-state index in [1.54, 1.807) is 0 Å². The van der Waals surface area contributed by atoms with Gasteiger partial charge in [0.1, 0.15) is 22.3 Å². The van der Waals surface area contributed by atoms with Crippen LogP contribution >= 0.6 is 0 Å². The van der Waals surface area contributed by atoms with Crippen molar-refractivity contribution in [1.29, 1.82) is 0 Å². The largest absolute Gasteiger partial charge is 0.456 e. The number of fused-ring (bicyclic) bond motifs is 10. The Morgan fingerprint density at radius 3 is 1.01 bits per heavy atom. The van der Waals surface area contributed by atoms with E-state index in [1.807, 2.05) is 24.3 Å². The summed E-state index contributed by atoms with van der Waals surface area (Å²) in [6, 6.07) is 101. The summed E-state index contributed by atoms with van der Waals surface area (Å²) in [5.41, 5.74) is 23.6. The van der Waals surface area contributed by atoms with E-state index in [9.17, 15) is 0 Å². The lowest BCUT2D eigenvalue weighted by molar-refractivity contribution is 0.632. The molecule has 6 nitrogen and oxygen atoms in total. The summed E-state index contributed by atoms with van der Waals surface area (Å²) in [5, 5.41) is 4.36. The van der Waals surface area contributed by atoms with E-state index in [0.717, 1.165) is 101 Å². The van der Waals surface area contributed by atoms with Crippen LogP contribution in [0.5, 0.6) is 0 Å². The number of benzene rings is 12. The third-order valence-corrected chi connectivity index (χ3v) is 17.8. The highest BCUT2D eigenvalue weighted by Crippen LogP contribution is 2.56. The second kappa shape index (κ2) is 19.0. The molecule has 16 rings (SSSR count). The highest BCUT2D eigenvalue weighted by Gasteiger charge is 2.39. The van der Waals surface area contributed by atoms with Gasteiger partial charge in [0.25, 0.3) is 0 Å². The first-order chi connectivity index (χ1) is 41.2. The van der Waals surface area contributed by atoms with Gasteiger partial charge in [-0.2, -0.15) is 0 Å². The Balaban J connectivity index is 0.802. The first-order valence-corrected chi connectivity index (χ1v) is 29.0. The van der Waals surface area contributed by atoms with Crippen LogP contribution < -0.4 is 19.6 Å². The molecule has 4 heterocycles. The van der Waals surface area contributed by atoms with Crippen molar-refractivity contribution >= 4 is 112 Å². The molecule has 0 aliphatic carbocycles. The van der Waals surface area contributed by atoms with Gasteiger partial charge in [-0.05, 0) is 179 Å². The van der Waals surface area contributed by atoms with Crippen molar-refractivity contribution in [2.24, 2.45) is 0 Å². The summed E-state index contributed by atoms with van der Waals surface area (Å²) in [6.07, 6.45) is 0. The van der Waals surface area contributed by atoms with Gasteiger partial charge in [0, 0.05) is 77.9 Å². The van der Waals surface area contributed by atoms with Crippen molar-refractivity contribution in [1.82, 2.24) is 0 Å². The molecule has 0 N–H and O–H groups in total. The van der Waals surface area contributed by atoms with Crippen molar-refractivity contribution in [3.63, 3.8) is 0 Å². The lowest BCUT2D eigenvalue weighted by Crippen LogP contribution is -2.30.